The molecule has 0 atom stereocenters. The molecule has 0 aromatic heterocycles. The van der Waals surface area contributed by atoms with Crippen LogP contribution in [-0.4, -0.2) is 75.1 Å². The number of hydrogen-bond acceptors (Lipinski definition) is 4. The number of hydrogen-bond donors (Lipinski definition) is 0. The number of aryl methyl sites for hydroxylation is 3. The van der Waals surface area contributed by atoms with Crippen LogP contribution in [-0.2, 0) is 9.13 Å². The predicted octanol–water partition coefficient (Wildman–Crippen LogP) is 5.52. The molecule has 2 aromatic rings. The van der Waals surface area contributed by atoms with E-state index in [1.807, 2.05) is 63.2 Å². The van der Waals surface area contributed by atoms with Crippen LogP contribution in [0.15, 0.2) is 42.5 Å². The molecule has 10 heteroatoms. The molecule has 0 aliphatic heterocycles. The van der Waals surface area contributed by atoms with E-state index < -0.39 is 15.3 Å². The third-order valence-electron chi connectivity index (χ3n) is 4.80. The molecular weight excluding hydrogens is 458 g/mol. The van der Waals surface area contributed by atoms with E-state index in [0.29, 0.717) is 11.5 Å². The zero-order valence-corrected chi connectivity index (χ0v) is 23.6. The average molecular weight is 499 g/mol. The largest absolute Gasteiger partial charge is 0.422 e. The summed E-state index contributed by atoms with van der Waals surface area (Å²) >= 11 is 0. The van der Waals surface area contributed by atoms with Crippen LogP contribution >= 0.6 is 15.3 Å². The lowest BCUT2D eigenvalue weighted by atomic mass is 10.1. The summed E-state index contributed by atoms with van der Waals surface area (Å²) in [5.41, 5.74) is 3.16. The molecule has 0 saturated heterocycles. The van der Waals surface area contributed by atoms with Gasteiger partial charge in [-0.25, -0.2) is 27.8 Å². The van der Waals surface area contributed by atoms with Crippen molar-refractivity contribution in [3.05, 3.63) is 59.2 Å². The van der Waals surface area contributed by atoms with E-state index in [1.165, 1.54) is 0 Å². The molecule has 0 amide bonds. The molecule has 0 spiro atoms. The highest BCUT2D eigenvalue weighted by molar-refractivity contribution is 7.54. The van der Waals surface area contributed by atoms with Crippen molar-refractivity contribution in [2.24, 2.45) is 0 Å². The fourth-order valence-electron chi connectivity index (χ4n) is 2.79. The lowest BCUT2D eigenvalue weighted by Crippen LogP contribution is -2.24. The fourth-order valence-corrected chi connectivity index (χ4v) is 5.71. The van der Waals surface area contributed by atoms with E-state index in [1.54, 1.807) is 75.1 Å². The number of benzene rings is 2. The molecule has 0 unspecified atom stereocenters. The van der Waals surface area contributed by atoms with Crippen LogP contribution in [0.5, 0.6) is 11.5 Å². The highest BCUT2D eigenvalue weighted by atomic mass is 31.2. The van der Waals surface area contributed by atoms with Crippen LogP contribution in [0.25, 0.3) is 0 Å². The summed E-state index contributed by atoms with van der Waals surface area (Å²) in [5, 5.41) is 0. The van der Waals surface area contributed by atoms with Gasteiger partial charge in [0.25, 0.3) is 0 Å². The van der Waals surface area contributed by atoms with Crippen molar-refractivity contribution in [3.8, 4) is 11.5 Å². The van der Waals surface area contributed by atoms with Crippen LogP contribution in [0.2, 0.25) is 0 Å². The van der Waals surface area contributed by atoms with Gasteiger partial charge in [-0.2, -0.15) is 0 Å². The molecule has 0 aliphatic carbocycles. The van der Waals surface area contributed by atoms with Crippen molar-refractivity contribution in [2.75, 3.05) is 56.4 Å². The third-order valence-corrected chi connectivity index (χ3v) is 9.72. The second kappa shape index (κ2) is 12.2. The first-order valence-electron chi connectivity index (χ1n) is 10.6. The Balaban J connectivity index is 0.000000331. The van der Waals surface area contributed by atoms with Crippen molar-refractivity contribution in [1.82, 2.24) is 18.7 Å². The van der Waals surface area contributed by atoms with Crippen molar-refractivity contribution < 1.29 is 18.2 Å². The van der Waals surface area contributed by atoms with Gasteiger partial charge in [0.1, 0.15) is 11.5 Å². The van der Waals surface area contributed by atoms with Crippen molar-refractivity contribution >= 4 is 15.3 Å². The van der Waals surface area contributed by atoms with Gasteiger partial charge in [-0.05, 0) is 112 Å². The molecular formula is C23H40N4O4P2. The molecule has 0 radical (unpaired) electrons. The summed E-state index contributed by atoms with van der Waals surface area (Å²) in [4.78, 5) is 0. The maximum atomic E-state index is 12.7. The van der Waals surface area contributed by atoms with Gasteiger partial charge in [0.15, 0.2) is 0 Å². The zero-order valence-electron chi connectivity index (χ0n) is 21.9. The first-order chi connectivity index (χ1) is 15.1. The smallest absolute Gasteiger partial charge is 0.394 e. The second-order valence-corrected chi connectivity index (χ2v) is 14.2. The van der Waals surface area contributed by atoms with E-state index in [4.69, 9.17) is 9.05 Å². The molecule has 0 bridgehead atoms. The van der Waals surface area contributed by atoms with Gasteiger partial charge in [-0.3, -0.25) is 0 Å². The molecule has 2 rings (SSSR count). The molecule has 186 valence electrons. The lowest BCUT2D eigenvalue weighted by molar-refractivity contribution is 0.352. The minimum Gasteiger partial charge on any atom is -0.422 e. The summed E-state index contributed by atoms with van der Waals surface area (Å²) in [6, 6.07) is 13.4. The summed E-state index contributed by atoms with van der Waals surface area (Å²) in [6.45, 7) is 5.91. The van der Waals surface area contributed by atoms with Crippen LogP contribution in [0.1, 0.15) is 16.7 Å². The van der Waals surface area contributed by atoms with Crippen molar-refractivity contribution in [1.29, 1.82) is 0 Å². The van der Waals surface area contributed by atoms with E-state index in [0.717, 1.165) is 16.7 Å². The van der Waals surface area contributed by atoms with Gasteiger partial charge in [0, 0.05) is 0 Å². The molecule has 0 aliphatic rings. The molecule has 0 heterocycles. The molecule has 0 N–H and O–H groups in total. The molecule has 2 aromatic carbocycles. The summed E-state index contributed by atoms with van der Waals surface area (Å²) in [5.74, 6) is 1.31. The minimum absolute atomic E-state index is 0.630. The van der Waals surface area contributed by atoms with Gasteiger partial charge in [-0.15, -0.1) is 0 Å². The van der Waals surface area contributed by atoms with Gasteiger partial charge < -0.3 is 9.05 Å². The highest BCUT2D eigenvalue weighted by Gasteiger charge is 2.32. The van der Waals surface area contributed by atoms with E-state index in [2.05, 4.69) is 0 Å². The van der Waals surface area contributed by atoms with Crippen LogP contribution < -0.4 is 9.05 Å². The number of rotatable bonds is 8. The standard InChI is InChI=1S/C12H21N2O2P.C11H19N2O2P/c1-10-7-8-11(2)12(9-10)16-17(15,13(3)4)14(5)6;1-10-7-6-8-11(9-10)15-16(14,12(2)3)13(4)5/h7-9H,1-6H3;6-9H,1-5H3. The normalized spacial score (nSPS) is 12.2. The Morgan fingerprint density at radius 1 is 0.606 bits per heavy atom. The van der Waals surface area contributed by atoms with Gasteiger partial charge in [-0.1, -0.05) is 24.3 Å². The zero-order chi connectivity index (χ0) is 25.6. The van der Waals surface area contributed by atoms with Gasteiger partial charge >= 0.3 is 15.3 Å². The summed E-state index contributed by atoms with van der Waals surface area (Å²) in [7, 11) is 8.11. The quantitative estimate of drug-likeness (QED) is 0.441. The first-order valence-corrected chi connectivity index (χ1v) is 13.6. The maximum Gasteiger partial charge on any atom is 0.394 e. The highest BCUT2D eigenvalue weighted by Crippen LogP contribution is 2.51. The summed E-state index contributed by atoms with van der Waals surface area (Å²) in [6.07, 6.45) is 0. The van der Waals surface area contributed by atoms with Crippen molar-refractivity contribution in [3.63, 3.8) is 0 Å². The minimum atomic E-state index is -2.97. The van der Waals surface area contributed by atoms with Crippen LogP contribution in [0, 0.1) is 20.8 Å². The van der Waals surface area contributed by atoms with Crippen molar-refractivity contribution in [2.45, 2.75) is 20.8 Å². The topological polar surface area (TPSA) is 65.6 Å². The Hall–Kier alpha value is -1.66. The van der Waals surface area contributed by atoms with Gasteiger partial charge in [0.2, 0.25) is 0 Å². The van der Waals surface area contributed by atoms with Crippen LogP contribution in [0.4, 0.5) is 0 Å². The van der Waals surface area contributed by atoms with E-state index >= 15 is 0 Å². The molecule has 8 nitrogen and oxygen atoms in total. The second-order valence-electron chi connectivity index (χ2n) is 8.64. The maximum absolute atomic E-state index is 12.7. The van der Waals surface area contributed by atoms with Gasteiger partial charge in [0.05, 0.1) is 0 Å². The Labute approximate surface area is 200 Å². The third kappa shape index (κ3) is 7.96. The first kappa shape index (κ1) is 29.4. The monoisotopic (exact) mass is 498 g/mol. The lowest BCUT2D eigenvalue weighted by Gasteiger charge is -2.30. The molecule has 0 saturated carbocycles. The molecule has 33 heavy (non-hydrogen) atoms. The Bertz CT molecular complexity index is 986. The number of nitrogens with zero attached hydrogens (tertiary/aromatic N) is 4. The Kier molecular flexibility index (Phi) is 10.8. The summed E-state index contributed by atoms with van der Waals surface area (Å²) < 4.78 is 43.0. The Morgan fingerprint density at radius 3 is 1.52 bits per heavy atom. The average Bonchev–Trinajstić information content (AvgIpc) is 2.70. The fraction of sp³-hybridized carbons (Fsp3) is 0.478. The Morgan fingerprint density at radius 2 is 1.06 bits per heavy atom. The van der Waals surface area contributed by atoms with Crippen LogP contribution in [0.3, 0.4) is 0 Å². The van der Waals surface area contributed by atoms with E-state index in [9.17, 15) is 9.13 Å². The molecule has 0 fully saturated rings. The SMILES string of the molecule is Cc1ccc(C)c(OP(=O)(N(C)C)N(C)C)c1.Cc1cccc(OP(=O)(N(C)C)N(C)C)c1. The van der Waals surface area contributed by atoms with E-state index in [-0.39, 0.29) is 0 Å². The predicted molar refractivity (Wildman–Crippen MR) is 138 cm³/mol.